The van der Waals surface area contributed by atoms with Gasteiger partial charge >= 0.3 is 10.2 Å². The van der Waals surface area contributed by atoms with Crippen LogP contribution in [0.2, 0.25) is 0 Å². The Balaban J connectivity index is 1.94. The number of rotatable bonds is 6. The summed E-state index contributed by atoms with van der Waals surface area (Å²) in [6.07, 6.45) is 3.49. The number of aromatic nitrogens is 2. The van der Waals surface area contributed by atoms with Gasteiger partial charge < -0.3 is 5.32 Å². The summed E-state index contributed by atoms with van der Waals surface area (Å²) in [5.74, 6) is 0.566. The van der Waals surface area contributed by atoms with Gasteiger partial charge in [0, 0.05) is 26.3 Å². The molecule has 1 aromatic heterocycles. The molecule has 0 unspecified atom stereocenters. The van der Waals surface area contributed by atoms with Gasteiger partial charge in [0.25, 0.3) is 0 Å². The topological polar surface area (TPSA) is 79.3 Å². The highest BCUT2D eigenvalue weighted by Crippen LogP contribution is 2.21. The van der Waals surface area contributed by atoms with E-state index in [-0.39, 0.29) is 0 Å². The minimum Gasteiger partial charge on any atom is -0.317 e. The molecule has 2 N–H and O–H groups in total. The molecule has 120 valence electrons. The maximum absolute atomic E-state index is 12.4. The zero-order valence-corrected chi connectivity index (χ0v) is 13.8. The lowest BCUT2D eigenvalue weighted by Gasteiger charge is -2.31. The standard InChI is InChI=1S/C13H25N5O2S/c1-4-14-9-12-5-7-18(8-6-12)21(19,20)16-13-10-17(3)15-11(13)2/h10,12,14,16H,4-9H2,1-3H3. The van der Waals surface area contributed by atoms with Crippen LogP contribution in [0.25, 0.3) is 0 Å². The largest absolute Gasteiger partial charge is 0.317 e. The molecule has 1 fully saturated rings. The van der Waals surface area contributed by atoms with Gasteiger partial charge in [-0.2, -0.15) is 17.8 Å². The number of hydrogen-bond acceptors (Lipinski definition) is 4. The van der Waals surface area contributed by atoms with E-state index >= 15 is 0 Å². The smallest absolute Gasteiger partial charge is 0.301 e. The van der Waals surface area contributed by atoms with E-state index in [1.54, 1.807) is 24.9 Å². The van der Waals surface area contributed by atoms with E-state index in [0.29, 0.717) is 30.4 Å². The van der Waals surface area contributed by atoms with E-state index in [1.807, 2.05) is 0 Å². The van der Waals surface area contributed by atoms with E-state index in [9.17, 15) is 8.42 Å². The number of hydrogen-bond donors (Lipinski definition) is 2. The third-order valence-corrected chi connectivity index (χ3v) is 5.37. The summed E-state index contributed by atoms with van der Waals surface area (Å²) in [5.41, 5.74) is 1.23. The molecule has 21 heavy (non-hydrogen) atoms. The molecule has 0 aromatic carbocycles. The second-order valence-corrected chi connectivity index (χ2v) is 7.23. The number of aryl methyl sites for hydroxylation is 2. The Morgan fingerprint density at radius 3 is 2.57 bits per heavy atom. The van der Waals surface area contributed by atoms with Crippen LogP contribution in [0.4, 0.5) is 5.69 Å². The van der Waals surface area contributed by atoms with Gasteiger partial charge in [0.05, 0.1) is 11.4 Å². The maximum Gasteiger partial charge on any atom is 0.301 e. The summed E-state index contributed by atoms with van der Waals surface area (Å²) in [5, 5.41) is 7.48. The normalized spacial score (nSPS) is 18.0. The Morgan fingerprint density at radius 2 is 2.05 bits per heavy atom. The Labute approximate surface area is 126 Å². The molecule has 0 spiro atoms. The van der Waals surface area contributed by atoms with Crippen molar-refractivity contribution in [3.63, 3.8) is 0 Å². The molecular weight excluding hydrogens is 290 g/mol. The molecular formula is C13H25N5O2S. The minimum atomic E-state index is -3.48. The summed E-state index contributed by atoms with van der Waals surface area (Å²) >= 11 is 0. The zero-order chi connectivity index (χ0) is 15.5. The van der Waals surface area contributed by atoms with Gasteiger partial charge in [-0.1, -0.05) is 6.92 Å². The number of anilines is 1. The molecule has 0 radical (unpaired) electrons. The van der Waals surface area contributed by atoms with Crippen molar-refractivity contribution in [1.29, 1.82) is 0 Å². The highest BCUT2D eigenvalue weighted by atomic mass is 32.2. The third-order valence-electron chi connectivity index (χ3n) is 3.85. The van der Waals surface area contributed by atoms with Crippen molar-refractivity contribution in [1.82, 2.24) is 19.4 Å². The molecule has 0 aliphatic carbocycles. The molecule has 7 nitrogen and oxygen atoms in total. The Kier molecular flexibility index (Phi) is 5.23. The van der Waals surface area contributed by atoms with Crippen molar-refractivity contribution >= 4 is 15.9 Å². The summed E-state index contributed by atoms with van der Waals surface area (Å²) in [6, 6.07) is 0. The van der Waals surface area contributed by atoms with Crippen LogP contribution in [0, 0.1) is 12.8 Å². The van der Waals surface area contributed by atoms with E-state index in [0.717, 1.165) is 25.9 Å². The van der Waals surface area contributed by atoms with Crippen LogP contribution in [0.5, 0.6) is 0 Å². The molecule has 2 rings (SSSR count). The van der Waals surface area contributed by atoms with E-state index < -0.39 is 10.2 Å². The number of nitrogens with one attached hydrogen (secondary N) is 2. The van der Waals surface area contributed by atoms with Crippen molar-refractivity contribution in [2.45, 2.75) is 26.7 Å². The SMILES string of the molecule is CCNCC1CCN(S(=O)(=O)Nc2cn(C)nc2C)CC1. The molecule has 2 heterocycles. The van der Waals surface area contributed by atoms with Gasteiger partial charge in [-0.25, -0.2) is 0 Å². The average molecular weight is 315 g/mol. The maximum atomic E-state index is 12.4. The highest BCUT2D eigenvalue weighted by Gasteiger charge is 2.28. The predicted octanol–water partition coefficient (Wildman–Crippen LogP) is 0.707. The summed E-state index contributed by atoms with van der Waals surface area (Å²) in [7, 11) is -1.71. The van der Waals surface area contributed by atoms with Gasteiger partial charge in [-0.3, -0.25) is 9.40 Å². The van der Waals surface area contributed by atoms with Gasteiger partial charge in [-0.15, -0.1) is 0 Å². The molecule has 1 saturated heterocycles. The first kappa shape index (κ1) is 16.3. The first-order valence-electron chi connectivity index (χ1n) is 7.41. The van der Waals surface area contributed by atoms with E-state index in [2.05, 4.69) is 22.1 Å². The molecule has 8 heteroatoms. The fourth-order valence-corrected chi connectivity index (χ4v) is 3.90. The van der Waals surface area contributed by atoms with Crippen molar-refractivity contribution in [2.75, 3.05) is 30.9 Å². The lowest BCUT2D eigenvalue weighted by atomic mass is 9.98. The van der Waals surface area contributed by atoms with Gasteiger partial charge in [0.15, 0.2) is 0 Å². The second kappa shape index (κ2) is 6.76. The van der Waals surface area contributed by atoms with Crippen LogP contribution in [0.1, 0.15) is 25.5 Å². The monoisotopic (exact) mass is 315 g/mol. The molecule has 0 amide bonds. The van der Waals surface area contributed by atoms with Crippen molar-refractivity contribution in [2.24, 2.45) is 13.0 Å². The first-order valence-corrected chi connectivity index (χ1v) is 8.85. The molecule has 0 atom stereocenters. The van der Waals surface area contributed by atoms with Crippen molar-refractivity contribution in [3.8, 4) is 0 Å². The fraction of sp³-hybridized carbons (Fsp3) is 0.769. The Bertz CT molecular complexity index is 561. The minimum absolute atomic E-state index is 0.548. The molecule has 1 aromatic rings. The second-order valence-electron chi connectivity index (χ2n) is 5.56. The number of nitrogens with zero attached hydrogens (tertiary/aromatic N) is 3. The van der Waals surface area contributed by atoms with Crippen LogP contribution in [-0.2, 0) is 17.3 Å². The zero-order valence-electron chi connectivity index (χ0n) is 13.0. The summed E-state index contributed by atoms with van der Waals surface area (Å²) < 4.78 is 30.6. The van der Waals surface area contributed by atoms with Crippen molar-refractivity contribution in [3.05, 3.63) is 11.9 Å². The highest BCUT2D eigenvalue weighted by molar-refractivity contribution is 7.90. The van der Waals surface area contributed by atoms with Crippen LogP contribution < -0.4 is 10.0 Å². The molecule has 1 aliphatic heterocycles. The Hall–Kier alpha value is -1.12. The Morgan fingerprint density at radius 1 is 1.38 bits per heavy atom. The fourth-order valence-electron chi connectivity index (χ4n) is 2.61. The number of piperidine rings is 1. The lowest BCUT2D eigenvalue weighted by Crippen LogP contribution is -2.43. The molecule has 0 saturated carbocycles. The molecule has 0 bridgehead atoms. The first-order chi connectivity index (χ1) is 9.92. The van der Waals surface area contributed by atoms with Gasteiger partial charge in [-0.05, 0) is 38.8 Å². The van der Waals surface area contributed by atoms with E-state index in [4.69, 9.17) is 0 Å². The lowest BCUT2D eigenvalue weighted by molar-refractivity contribution is 0.269. The van der Waals surface area contributed by atoms with Gasteiger partial charge in [0.2, 0.25) is 0 Å². The summed E-state index contributed by atoms with van der Waals surface area (Å²) in [4.78, 5) is 0. The van der Waals surface area contributed by atoms with Crippen LogP contribution in [-0.4, -0.2) is 48.7 Å². The van der Waals surface area contributed by atoms with Crippen LogP contribution in [0.3, 0.4) is 0 Å². The third kappa shape index (κ3) is 4.18. The average Bonchev–Trinajstić information content (AvgIpc) is 2.74. The van der Waals surface area contributed by atoms with Gasteiger partial charge in [0.1, 0.15) is 0 Å². The van der Waals surface area contributed by atoms with Crippen molar-refractivity contribution < 1.29 is 8.42 Å². The van der Waals surface area contributed by atoms with E-state index in [1.165, 1.54) is 4.31 Å². The molecule has 1 aliphatic rings. The predicted molar refractivity (Wildman–Crippen MR) is 83.3 cm³/mol. The van der Waals surface area contributed by atoms with Crippen LogP contribution >= 0.6 is 0 Å². The van der Waals surface area contributed by atoms with Crippen LogP contribution in [0.15, 0.2) is 6.20 Å². The summed E-state index contributed by atoms with van der Waals surface area (Å²) in [6.45, 7) is 6.95. The quantitative estimate of drug-likeness (QED) is 0.810.